The van der Waals surface area contributed by atoms with Crippen molar-refractivity contribution in [2.45, 2.75) is 64.2 Å². The molecule has 0 aromatic heterocycles. The van der Waals surface area contributed by atoms with Crippen molar-refractivity contribution < 1.29 is 78.8 Å². The van der Waals surface area contributed by atoms with Gasteiger partial charge in [-0.2, -0.15) is 16.8 Å². The fourth-order valence-electron chi connectivity index (χ4n) is 1.98. The van der Waals surface area contributed by atoms with Crippen LogP contribution in [0.1, 0.15) is 65.6 Å². The van der Waals surface area contributed by atoms with Crippen LogP contribution in [0.25, 0.3) is 0 Å². The third-order valence-corrected chi connectivity index (χ3v) is 4.66. The molecule has 21 heavy (non-hydrogen) atoms. The van der Waals surface area contributed by atoms with Crippen molar-refractivity contribution in [1.82, 2.24) is 0 Å². The van der Waals surface area contributed by atoms with E-state index in [0.29, 0.717) is 12.8 Å². The zero-order valence-electron chi connectivity index (χ0n) is 13.8. The second kappa shape index (κ2) is 13.9. The largest absolute Gasteiger partial charge is 1.00 e. The molecule has 0 spiro atoms. The Morgan fingerprint density at radius 3 is 0.905 bits per heavy atom. The Balaban J connectivity index is -0.00000180. The molecular weight excluding hydrogens is 343 g/mol. The van der Waals surface area contributed by atoms with E-state index in [1.807, 2.05) is 0 Å². The average molecular weight is 371 g/mol. The normalized spacial score (nSPS) is 12.1. The van der Waals surface area contributed by atoms with Crippen LogP contribution in [0, 0.1) is 0 Å². The molecule has 0 rings (SSSR count). The topological polar surface area (TPSA) is 109 Å². The van der Waals surface area contributed by atoms with Gasteiger partial charge in [0.2, 0.25) is 0 Å². The van der Waals surface area contributed by atoms with Gasteiger partial charge in [0, 0.05) is 0 Å². The zero-order chi connectivity index (χ0) is 15.5. The Kier molecular flexibility index (Phi) is 16.3. The van der Waals surface area contributed by atoms with E-state index in [1.165, 1.54) is 0 Å². The molecule has 0 fully saturated rings. The van der Waals surface area contributed by atoms with Crippen molar-refractivity contribution >= 4 is 20.2 Å². The van der Waals surface area contributed by atoms with E-state index >= 15 is 0 Å². The first kappa shape index (κ1) is 24.7. The molecule has 124 valence electrons. The third kappa shape index (κ3) is 23.8. The van der Waals surface area contributed by atoms with Crippen molar-refractivity contribution in [1.29, 1.82) is 0 Å². The summed E-state index contributed by atoms with van der Waals surface area (Å²) in [6.45, 7) is 0. The summed E-state index contributed by atoms with van der Waals surface area (Å²) in [4.78, 5) is 0. The van der Waals surface area contributed by atoms with Gasteiger partial charge in [-0.25, -0.2) is 0 Å². The minimum atomic E-state index is -3.81. The Hall–Kier alpha value is 1.46. The maximum absolute atomic E-state index is 10.5. The molecule has 0 saturated carbocycles. The van der Waals surface area contributed by atoms with Gasteiger partial charge in [0.15, 0.2) is 0 Å². The fourth-order valence-corrected chi connectivity index (χ4v) is 3.12. The Labute approximate surface area is 172 Å². The molecule has 0 aliphatic heterocycles. The van der Waals surface area contributed by atoms with Gasteiger partial charge in [-0.3, -0.25) is 9.11 Å². The van der Waals surface area contributed by atoms with Crippen LogP contribution in [0.5, 0.6) is 0 Å². The van der Waals surface area contributed by atoms with E-state index in [0.717, 1.165) is 51.4 Å². The van der Waals surface area contributed by atoms with Crippen LogP contribution in [0.2, 0.25) is 0 Å². The molecule has 6 nitrogen and oxygen atoms in total. The SMILES string of the molecule is O=S(=O)(O)CCCCCCCCCCCCS(=O)(=O)O.[H-].[K+]. The molecule has 0 aromatic carbocycles. The van der Waals surface area contributed by atoms with Gasteiger partial charge in [-0.15, -0.1) is 0 Å². The first-order valence-corrected chi connectivity index (χ1v) is 10.3. The maximum atomic E-state index is 10.5. The van der Waals surface area contributed by atoms with E-state index in [2.05, 4.69) is 0 Å². The minimum absolute atomic E-state index is 0. The molecule has 0 unspecified atom stereocenters. The molecule has 0 aliphatic rings. The predicted octanol–water partition coefficient (Wildman–Crippen LogP) is -0.220. The third-order valence-electron chi connectivity index (χ3n) is 3.05. The average Bonchev–Trinajstić information content (AvgIpc) is 2.27. The first-order valence-electron chi connectivity index (χ1n) is 7.11. The monoisotopic (exact) mass is 370 g/mol. The standard InChI is InChI=1S/C12H26O6S2.K.H/c13-19(14,15)11-9-7-5-3-1-2-4-6-8-10-12-20(16,17)18;;/h1-12H2,(H,13,14,15)(H,16,17,18);;/q;+1;-1. The quantitative estimate of drug-likeness (QED) is 0.264. The summed E-state index contributed by atoms with van der Waals surface area (Å²) in [5.74, 6) is -0.304. The van der Waals surface area contributed by atoms with Crippen LogP contribution in [0.3, 0.4) is 0 Å². The van der Waals surface area contributed by atoms with Gasteiger partial charge in [-0.1, -0.05) is 51.4 Å². The van der Waals surface area contributed by atoms with Crippen LogP contribution >= 0.6 is 0 Å². The van der Waals surface area contributed by atoms with Gasteiger partial charge in [0.25, 0.3) is 20.2 Å². The molecule has 0 atom stereocenters. The summed E-state index contributed by atoms with van der Waals surface area (Å²) < 4.78 is 58.9. The predicted molar refractivity (Wildman–Crippen MR) is 80.1 cm³/mol. The molecule has 2 N–H and O–H groups in total. The van der Waals surface area contributed by atoms with Crippen LogP contribution in [-0.2, 0) is 20.2 Å². The number of unbranched alkanes of at least 4 members (excludes halogenated alkanes) is 9. The van der Waals surface area contributed by atoms with Gasteiger partial charge in [0.05, 0.1) is 11.5 Å². The Morgan fingerprint density at radius 2 is 0.714 bits per heavy atom. The zero-order valence-corrected chi connectivity index (χ0v) is 17.6. The molecule has 0 radical (unpaired) electrons. The molecule has 0 aromatic rings. The molecule has 0 saturated heterocycles. The van der Waals surface area contributed by atoms with Crippen molar-refractivity contribution in [3.63, 3.8) is 0 Å². The van der Waals surface area contributed by atoms with Crippen LogP contribution in [0.4, 0.5) is 0 Å². The Bertz CT molecular complexity index is 397. The van der Waals surface area contributed by atoms with Gasteiger partial charge in [0.1, 0.15) is 0 Å². The molecule has 0 amide bonds. The van der Waals surface area contributed by atoms with Gasteiger partial charge >= 0.3 is 51.4 Å². The van der Waals surface area contributed by atoms with Gasteiger partial charge in [-0.05, 0) is 12.8 Å². The van der Waals surface area contributed by atoms with Crippen molar-refractivity contribution in [3.8, 4) is 0 Å². The summed E-state index contributed by atoms with van der Waals surface area (Å²) in [5.41, 5.74) is 0. The summed E-state index contributed by atoms with van der Waals surface area (Å²) in [6.07, 6.45) is 8.86. The summed E-state index contributed by atoms with van der Waals surface area (Å²) in [6, 6.07) is 0. The van der Waals surface area contributed by atoms with Crippen LogP contribution in [0.15, 0.2) is 0 Å². The maximum Gasteiger partial charge on any atom is 1.00 e. The fraction of sp³-hybridized carbons (Fsp3) is 1.00. The van der Waals surface area contributed by atoms with Crippen LogP contribution in [-0.4, -0.2) is 37.4 Å². The molecular formula is C12H27KO6S2. The minimum Gasteiger partial charge on any atom is -1.00 e. The second-order valence-corrected chi connectivity index (χ2v) is 8.25. The van der Waals surface area contributed by atoms with Crippen LogP contribution < -0.4 is 51.4 Å². The number of hydrogen-bond donors (Lipinski definition) is 2. The smallest absolute Gasteiger partial charge is 1.00 e. The van der Waals surface area contributed by atoms with Gasteiger partial charge < -0.3 is 1.43 Å². The van der Waals surface area contributed by atoms with Crippen molar-refractivity contribution in [2.24, 2.45) is 0 Å². The van der Waals surface area contributed by atoms with Crippen molar-refractivity contribution in [2.75, 3.05) is 11.5 Å². The molecule has 0 aliphatic carbocycles. The number of hydrogen-bond acceptors (Lipinski definition) is 4. The summed E-state index contributed by atoms with van der Waals surface area (Å²) in [7, 11) is -7.61. The number of rotatable bonds is 13. The second-order valence-electron chi connectivity index (χ2n) is 5.11. The van der Waals surface area contributed by atoms with E-state index in [9.17, 15) is 16.8 Å². The van der Waals surface area contributed by atoms with E-state index < -0.39 is 20.2 Å². The van der Waals surface area contributed by atoms with E-state index in [-0.39, 0.29) is 64.3 Å². The molecule has 0 bridgehead atoms. The summed E-state index contributed by atoms with van der Waals surface area (Å²) in [5, 5.41) is 0. The van der Waals surface area contributed by atoms with E-state index in [1.54, 1.807) is 0 Å². The van der Waals surface area contributed by atoms with E-state index in [4.69, 9.17) is 9.11 Å². The first-order chi connectivity index (χ1) is 9.21. The molecule has 9 heteroatoms. The summed E-state index contributed by atoms with van der Waals surface area (Å²) >= 11 is 0. The Morgan fingerprint density at radius 1 is 0.524 bits per heavy atom. The molecule has 0 heterocycles. The van der Waals surface area contributed by atoms with Crippen molar-refractivity contribution in [3.05, 3.63) is 0 Å².